The predicted octanol–water partition coefficient (Wildman–Crippen LogP) is 2.82. The van der Waals surface area contributed by atoms with Gasteiger partial charge in [-0.25, -0.2) is 0 Å². The molecule has 0 spiro atoms. The zero-order valence-corrected chi connectivity index (χ0v) is 16.1. The highest BCUT2D eigenvalue weighted by atomic mass is 16.6. The second-order valence-electron chi connectivity index (χ2n) is 7.20. The summed E-state index contributed by atoms with van der Waals surface area (Å²) in [6.45, 7) is 0. The first-order valence-corrected chi connectivity index (χ1v) is 9.49. The van der Waals surface area contributed by atoms with E-state index < -0.39 is 4.92 Å². The van der Waals surface area contributed by atoms with Crippen LogP contribution in [0.1, 0.15) is 40.0 Å². The molecule has 3 aromatic rings. The number of fused-ring (bicyclic) bond motifs is 2. The Balaban J connectivity index is 1.59. The van der Waals surface area contributed by atoms with Gasteiger partial charge in [-0.15, -0.1) is 5.10 Å². The number of nitrogens with zero attached hydrogens (tertiary/aromatic N) is 3. The van der Waals surface area contributed by atoms with Gasteiger partial charge in [0.25, 0.3) is 5.69 Å². The lowest BCUT2D eigenvalue weighted by atomic mass is 9.88. The van der Waals surface area contributed by atoms with Gasteiger partial charge < -0.3 is 16.5 Å². The fourth-order valence-electron chi connectivity index (χ4n) is 3.77. The minimum Gasteiger partial charge on any atom is -0.369 e. The number of aromatic amines is 1. The SMILES string of the molecule is NC(N)=N/N=C1\CCCc2cc(CC(=O)c3cc4cccc([N+](=O)[O-])c4[nH]3)ccc21. The number of aryl methyl sites for hydroxylation is 1. The third-order valence-corrected chi connectivity index (χ3v) is 5.12. The smallest absolute Gasteiger partial charge is 0.293 e. The molecule has 5 N–H and O–H groups in total. The van der Waals surface area contributed by atoms with E-state index >= 15 is 0 Å². The van der Waals surface area contributed by atoms with Crippen LogP contribution in [0.2, 0.25) is 0 Å². The van der Waals surface area contributed by atoms with Gasteiger partial charge >= 0.3 is 0 Å². The van der Waals surface area contributed by atoms with Crippen molar-refractivity contribution in [3.63, 3.8) is 0 Å². The van der Waals surface area contributed by atoms with E-state index in [0.29, 0.717) is 16.6 Å². The summed E-state index contributed by atoms with van der Waals surface area (Å²) in [7, 11) is 0. The first-order valence-electron chi connectivity index (χ1n) is 9.49. The molecule has 0 radical (unpaired) electrons. The van der Waals surface area contributed by atoms with E-state index in [1.54, 1.807) is 18.2 Å². The van der Waals surface area contributed by atoms with Crippen molar-refractivity contribution in [2.45, 2.75) is 25.7 Å². The van der Waals surface area contributed by atoms with Crippen LogP contribution in [0, 0.1) is 10.1 Å². The first-order chi connectivity index (χ1) is 14.4. The van der Waals surface area contributed by atoms with E-state index in [1.165, 1.54) is 6.07 Å². The summed E-state index contributed by atoms with van der Waals surface area (Å²) in [6.07, 6.45) is 2.79. The van der Waals surface area contributed by atoms with Crippen LogP contribution < -0.4 is 11.5 Å². The fourth-order valence-corrected chi connectivity index (χ4v) is 3.77. The van der Waals surface area contributed by atoms with Gasteiger partial charge in [0.15, 0.2) is 5.78 Å². The van der Waals surface area contributed by atoms with Crippen molar-refractivity contribution in [3.05, 3.63) is 75.0 Å². The zero-order valence-electron chi connectivity index (χ0n) is 16.1. The van der Waals surface area contributed by atoms with E-state index in [-0.39, 0.29) is 23.9 Å². The van der Waals surface area contributed by atoms with E-state index in [9.17, 15) is 14.9 Å². The number of para-hydroxylation sites is 1. The maximum atomic E-state index is 12.8. The van der Waals surface area contributed by atoms with Crippen molar-refractivity contribution in [1.82, 2.24) is 4.98 Å². The number of nitro benzene ring substituents is 1. The Morgan fingerprint density at radius 1 is 1.17 bits per heavy atom. The highest BCUT2D eigenvalue weighted by Crippen LogP contribution is 2.27. The van der Waals surface area contributed by atoms with Crippen molar-refractivity contribution in [2.75, 3.05) is 0 Å². The van der Waals surface area contributed by atoms with E-state index in [4.69, 9.17) is 11.5 Å². The number of nitrogens with two attached hydrogens (primary N) is 2. The number of guanidine groups is 1. The lowest BCUT2D eigenvalue weighted by Gasteiger charge is -2.18. The molecule has 0 amide bonds. The number of ketones is 1. The van der Waals surface area contributed by atoms with Crippen LogP contribution >= 0.6 is 0 Å². The summed E-state index contributed by atoms with van der Waals surface area (Å²) < 4.78 is 0. The highest BCUT2D eigenvalue weighted by Gasteiger charge is 2.19. The topological polar surface area (TPSA) is 153 Å². The van der Waals surface area contributed by atoms with Crippen LogP contribution in [0.4, 0.5) is 5.69 Å². The van der Waals surface area contributed by atoms with Gasteiger partial charge in [0.2, 0.25) is 5.96 Å². The van der Waals surface area contributed by atoms with Crippen LogP contribution in [0.3, 0.4) is 0 Å². The van der Waals surface area contributed by atoms with Gasteiger partial charge in [-0.3, -0.25) is 14.9 Å². The molecule has 9 nitrogen and oxygen atoms in total. The molecular formula is C21H20N6O3. The monoisotopic (exact) mass is 404 g/mol. The minimum atomic E-state index is -0.460. The Bertz CT molecular complexity index is 1220. The molecule has 0 aliphatic heterocycles. The molecule has 30 heavy (non-hydrogen) atoms. The Kier molecular flexibility index (Phi) is 5.01. The maximum absolute atomic E-state index is 12.8. The second kappa shape index (κ2) is 7.78. The molecule has 0 atom stereocenters. The molecular weight excluding hydrogens is 384 g/mol. The number of hydrogen-bond donors (Lipinski definition) is 3. The van der Waals surface area contributed by atoms with E-state index in [1.807, 2.05) is 18.2 Å². The predicted molar refractivity (Wildman–Crippen MR) is 115 cm³/mol. The minimum absolute atomic E-state index is 0.0482. The Hall–Kier alpha value is -4.01. The van der Waals surface area contributed by atoms with Gasteiger partial charge in [-0.2, -0.15) is 5.10 Å². The van der Waals surface area contributed by atoms with Gasteiger partial charge in [-0.05, 0) is 36.5 Å². The molecule has 0 fully saturated rings. The number of benzene rings is 2. The second-order valence-corrected chi connectivity index (χ2v) is 7.20. The summed E-state index contributed by atoms with van der Waals surface area (Å²) in [5, 5.41) is 19.7. The molecule has 2 aromatic carbocycles. The number of H-pyrrole nitrogens is 1. The summed E-state index contributed by atoms with van der Waals surface area (Å²) >= 11 is 0. The Labute approximate surface area is 171 Å². The maximum Gasteiger partial charge on any atom is 0.293 e. The molecule has 1 aliphatic carbocycles. The third kappa shape index (κ3) is 3.77. The molecule has 0 bridgehead atoms. The van der Waals surface area contributed by atoms with Crippen LogP contribution in [0.15, 0.2) is 52.7 Å². The Morgan fingerprint density at radius 3 is 2.77 bits per heavy atom. The standard InChI is InChI=1S/C21H20N6O3/c22-21(23)26-25-16-5-1-3-13-9-12(7-8-15(13)16)10-19(28)17-11-14-4-2-6-18(27(29)30)20(14)24-17/h2,4,6-9,11,24H,1,3,5,10H2,(H4,22,23,26)/b25-16+. The molecule has 1 aromatic heterocycles. The van der Waals surface area contributed by atoms with Gasteiger partial charge in [-0.1, -0.05) is 30.3 Å². The molecule has 0 saturated heterocycles. The van der Waals surface area contributed by atoms with Crippen LogP contribution in [-0.2, 0) is 12.8 Å². The number of rotatable bonds is 5. The number of hydrogen-bond acceptors (Lipinski definition) is 5. The quantitative estimate of drug-likeness (QED) is 0.196. The van der Waals surface area contributed by atoms with Gasteiger partial charge in [0, 0.05) is 23.4 Å². The molecule has 1 aliphatic rings. The number of aromatic nitrogens is 1. The molecule has 9 heteroatoms. The van der Waals surface area contributed by atoms with Crippen molar-refractivity contribution in [2.24, 2.45) is 21.7 Å². The van der Waals surface area contributed by atoms with Crippen molar-refractivity contribution < 1.29 is 9.72 Å². The summed E-state index contributed by atoms with van der Waals surface area (Å²) in [6, 6.07) is 12.2. The Morgan fingerprint density at radius 2 is 2.00 bits per heavy atom. The van der Waals surface area contributed by atoms with E-state index in [2.05, 4.69) is 15.2 Å². The summed E-state index contributed by atoms with van der Waals surface area (Å²) in [5.74, 6) is -0.221. The average Bonchev–Trinajstić information content (AvgIpc) is 3.16. The number of nitro groups is 1. The summed E-state index contributed by atoms with van der Waals surface area (Å²) in [4.78, 5) is 26.5. The molecule has 0 saturated carbocycles. The number of non-ortho nitro benzene ring substituents is 1. The first kappa shape index (κ1) is 19.3. The highest BCUT2D eigenvalue weighted by molar-refractivity contribution is 6.04. The molecule has 0 unspecified atom stereocenters. The summed E-state index contributed by atoms with van der Waals surface area (Å²) in [5.41, 5.74) is 15.2. The average molecular weight is 404 g/mol. The largest absolute Gasteiger partial charge is 0.369 e. The van der Waals surface area contributed by atoms with Gasteiger partial charge in [0.1, 0.15) is 5.52 Å². The van der Waals surface area contributed by atoms with Crippen LogP contribution in [0.25, 0.3) is 10.9 Å². The number of Topliss-reactive ketones (excluding diaryl/α,β-unsaturated/α-hetero) is 1. The molecule has 1 heterocycles. The number of nitrogens with one attached hydrogen (secondary N) is 1. The number of carbonyl (C=O) groups is 1. The van der Waals surface area contributed by atoms with Gasteiger partial charge in [0.05, 0.1) is 16.3 Å². The third-order valence-electron chi connectivity index (χ3n) is 5.12. The van der Waals surface area contributed by atoms with Crippen molar-refractivity contribution in [1.29, 1.82) is 0 Å². The fraction of sp³-hybridized carbons (Fsp3) is 0.190. The van der Waals surface area contributed by atoms with Crippen LogP contribution in [-0.4, -0.2) is 27.4 Å². The lowest BCUT2D eigenvalue weighted by molar-refractivity contribution is -0.383. The number of carbonyl (C=O) groups excluding carboxylic acids is 1. The van der Waals surface area contributed by atoms with Crippen molar-refractivity contribution >= 4 is 34.0 Å². The molecule has 152 valence electrons. The lowest BCUT2D eigenvalue weighted by Crippen LogP contribution is -2.22. The zero-order chi connectivity index (χ0) is 21.3. The van der Waals surface area contributed by atoms with Crippen molar-refractivity contribution in [3.8, 4) is 0 Å². The van der Waals surface area contributed by atoms with E-state index in [0.717, 1.165) is 41.7 Å². The normalized spacial score (nSPS) is 14.5. The molecule has 4 rings (SSSR count). The van der Waals surface area contributed by atoms with Crippen LogP contribution in [0.5, 0.6) is 0 Å².